The lowest BCUT2D eigenvalue weighted by Crippen LogP contribution is -2.64. The Balaban J connectivity index is 1.58. The van der Waals surface area contributed by atoms with Crippen LogP contribution in [0, 0.1) is 19.8 Å². The highest BCUT2D eigenvalue weighted by Gasteiger charge is 2.52. The van der Waals surface area contributed by atoms with Gasteiger partial charge in [0.15, 0.2) is 0 Å². The standard InChI is InChI=1S/C18H27NO2/c1-4-20-11-17-7-8-21-18(17)12-19(13-18)10-16-9-14(2)5-6-15(16)3/h5-6,9,17H,4,7-8,10-13H2,1-3H3. The first-order valence-corrected chi connectivity index (χ1v) is 8.13. The highest BCUT2D eigenvalue weighted by Crippen LogP contribution is 2.40. The monoisotopic (exact) mass is 289 g/mol. The molecule has 0 N–H and O–H groups in total. The molecule has 1 unspecified atom stereocenters. The molecule has 1 aromatic carbocycles. The predicted molar refractivity (Wildman–Crippen MR) is 84.5 cm³/mol. The van der Waals surface area contributed by atoms with Crippen molar-refractivity contribution in [2.75, 3.05) is 32.9 Å². The minimum absolute atomic E-state index is 0.0763. The van der Waals surface area contributed by atoms with Gasteiger partial charge in [-0.2, -0.15) is 0 Å². The van der Waals surface area contributed by atoms with E-state index < -0.39 is 0 Å². The Labute approximate surface area is 128 Å². The van der Waals surface area contributed by atoms with E-state index >= 15 is 0 Å². The Morgan fingerprint density at radius 1 is 1.33 bits per heavy atom. The average Bonchev–Trinajstić information content (AvgIpc) is 2.84. The van der Waals surface area contributed by atoms with E-state index in [1.54, 1.807) is 0 Å². The number of hydrogen-bond acceptors (Lipinski definition) is 3. The van der Waals surface area contributed by atoms with Crippen LogP contribution in [0.5, 0.6) is 0 Å². The molecule has 0 saturated carbocycles. The summed E-state index contributed by atoms with van der Waals surface area (Å²) in [6.45, 7) is 12.1. The smallest absolute Gasteiger partial charge is 0.0985 e. The zero-order valence-corrected chi connectivity index (χ0v) is 13.5. The molecule has 116 valence electrons. The van der Waals surface area contributed by atoms with Gasteiger partial charge >= 0.3 is 0 Å². The first-order chi connectivity index (χ1) is 10.1. The third-order valence-electron chi connectivity index (χ3n) is 5.00. The molecule has 0 aromatic heterocycles. The van der Waals surface area contributed by atoms with Gasteiger partial charge in [-0.15, -0.1) is 0 Å². The SMILES string of the molecule is CCOCC1CCOC12CN(Cc1cc(C)ccc1C)C2. The van der Waals surface area contributed by atoms with Crippen LogP contribution < -0.4 is 0 Å². The molecule has 2 fully saturated rings. The van der Waals surface area contributed by atoms with E-state index in [2.05, 4.69) is 43.9 Å². The van der Waals surface area contributed by atoms with E-state index in [1.165, 1.54) is 16.7 Å². The van der Waals surface area contributed by atoms with Crippen LogP contribution in [-0.2, 0) is 16.0 Å². The maximum atomic E-state index is 6.09. The van der Waals surface area contributed by atoms with Crippen LogP contribution in [0.25, 0.3) is 0 Å². The summed E-state index contributed by atoms with van der Waals surface area (Å²) in [6, 6.07) is 6.73. The minimum atomic E-state index is 0.0763. The highest BCUT2D eigenvalue weighted by molar-refractivity contribution is 5.30. The van der Waals surface area contributed by atoms with Crippen LogP contribution in [0.1, 0.15) is 30.0 Å². The van der Waals surface area contributed by atoms with E-state index in [1.807, 2.05) is 0 Å². The molecule has 0 radical (unpaired) electrons. The van der Waals surface area contributed by atoms with Crippen LogP contribution in [0.15, 0.2) is 18.2 Å². The Kier molecular flexibility index (Phi) is 4.34. The molecule has 1 atom stereocenters. The first-order valence-electron chi connectivity index (χ1n) is 8.13. The Morgan fingerprint density at radius 2 is 2.14 bits per heavy atom. The fourth-order valence-corrected chi connectivity index (χ4v) is 3.66. The molecular formula is C18H27NO2. The van der Waals surface area contributed by atoms with Crippen LogP contribution in [0.4, 0.5) is 0 Å². The maximum absolute atomic E-state index is 6.09. The molecule has 0 aliphatic carbocycles. The summed E-state index contributed by atoms with van der Waals surface area (Å²) >= 11 is 0. The van der Waals surface area contributed by atoms with E-state index in [0.717, 1.165) is 45.9 Å². The first kappa shape index (κ1) is 15.0. The Hall–Kier alpha value is -0.900. The highest BCUT2D eigenvalue weighted by atomic mass is 16.5. The second kappa shape index (κ2) is 6.07. The minimum Gasteiger partial charge on any atom is -0.381 e. The lowest BCUT2D eigenvalue weighted by atomic mass is 9.81. The molecule has 0 bridgehead atoms. The van der Waals surface area contributed by atoms with Gasteiger partial charge in [0.2, 0.25) is 0 Å². The molecule has 3 nitrogen and oxygen atoms in total. The van der Waals surface area contributed by atoms with Crippen molar-refractivity contribution in [1.29, 1.82) is 0 Å². The van der Waals surface area contributed by atoms with Crippen molar-refractivity contribution in [3.8, 4) is 0 Å². The average molecular weight is 289 g/mol. The number of nitrogens with zero attached hydrogens (tertiary/aromatic N) is 1. The van der Waals surface area contributed by atoms with E-state index in [0.29, 0.717) is 5.92 Å². The molecule has 21 heavy (non-hydrogen) atoms. The summed E-state index contributed by atoms with van der Waals surface area (Å²) in [5.74, 6) is 0.576. The predicted octanol–water partition coefficient (Wildman–Crippen LogP) is 2.93. The number of rotatable bonds is 5. The molecule has 1 aromatic rings. The summed E-state index contributed by atoms with van der Waals surface area (Å²) in [5, 5.41) is 0. The number of aryl methyl sites for hydroxylation is 2. The van der Waals surface area contributed by atoms with Gasteiger partial charge in [-0.3, -0.25) is 4.90 Å². The lowest BCUT2D eigenvalue weighted by Gasteiger charge is -2.50. The zero-order valence-electron chi connectivity index (χ0n) is 13.5. The van der Waals surface area contributed by atoms with E-state index in [-0.39, 0.29) is 5.60 Å². The Morgan fingerprint density at radius 3 is 2.90 bits per heavy atom. The van der Waals surface area contributed by atoms with Crippen LogP contribution in [0.2, 0.25) is 0 Å². The quantitative estimate of drug-likeness (QED) is 0.832. The van der Waals surface area contributed by atoms with Gasteiger partial charge in [0.1, 0.15) is 0 Å². The summed E-state index contributed by atoms with van der Waals surface area (Å²) < 4.78 is 11.7. The summed E-state index contributed by atoms with van der Waals surface area (Å²) in [4.78, 5) is 2.51. The largest absolute Gasteiger partial charge is 0.381 e. The van der Waals surface area contributed by atoms with Crippen molar-refractivity contribution < 1.29 is 9.47 Å². The normalized spacial score (nSPS) is 24.4. The lowest BCUT2D eigenvalue weighted by molar-refractivity contribution is -0.145. The van der Waals surface area contributed by atoms with Gasteiger partial charge in [0.05, 0.1) is 12.2 Å². The van der Waals surface area contributed by atoms with Crippen molar-refractivity contribution >= 4 is 0 Å². The molecule has 0 amide bonds. The van der Waals surface area contributed by atoms with Crippen molar-refractivity contribution in [1.82, 2.24) is 4.90 Å². The van der Waals surface area contributed by atoms with Gasteiger partial charge < -0.3 is 9.47 Å². The fourth-order valence-electron chi connectivity index (χ4n) is 3.66. The second-order valence-electron chi connectivity index (χ2n) is 6.63. The summed E-state index contributed by atoms with van der Waals surface area (Å²) in [7, 11) is 0. The van der Waals surface area contributed by atoms with Gasteiger partial charge in [-0.25, -0.2) is 0 Å². The van der Waals surface area contributed by atoms with Crippen molar-refractivity contribution in [3.05, 3.63) is 34.9 Å². The molecule has 3 heteroatoms. The van der Waals surface area contributed by atoms with Gasteiger partial charge in [0, 0.05) is 38.8 Å². The maximum Gasteiger partial charge on any atom is 0.0985 e. The number of benzene rings is 1. The van der Waals surface area contributed by atoms with Gasteiger partial charge in [-0.1, -0.05) is 23.8 Å². The molecule has 1 spiro atoms. The summed E-state index contributed by atoms with van der Waals surface area (Å²) in [5.41, 5.74) is 4.26. The van der Waals surface area contributed by atoms with Crippen LogP contribution in [-0.4, -0.2) is 43.4 Å². The topological polar surface area (TPSA) is 21.7 Å². The summed E-state index contributed by atoms with van der Waals surface area (Å²) in [6.07, 6.45) is 1.15. The van der Waals surface area contributed by atoms with Crippen LogP contribution in [0.3, 0.4) is 0 Å². The van der Waals surface area contributed by atoms with Crippen molar-refractivity contribution in [2.45, 2.75) is 39.3 Å². The second-order valence-corrected chi connectivity index (χ2v) is 6.63. The molecule has 2 aliphatic heterocycles. The fraction of sp³-hybridized carbons (Fsp3) is 0.667. The number of ether oxygens (including phenoxy) is 2. The van der Waals surface area contributed by atoms with Gasteiger partial charge in [-0.05, 0) is 38.3 Å². The third kappa shape index (κ3) is 3.01. The third-order valence-corrected chi connectivity index (χ3v) is 5.00. The number of likely N-dealkylation sites (tertiary alicyclic amines) is 1. The van der Waals surface area contributed by atoms with E-state index in [9.17, 15) is 0 Å². The zero-order chi connectivity index (χ0) is 14.9. The number of hydrogen-bond donors (Lipinski definition) is 0. The molecule has 2 heterocycles. The van der Waals surface area contributed by atoms with Gasteiger partial charge in [0.25, 0.3) is 0 Å². The molecular weight excluding hydrogens is 262 g/mol. The van der Waals surface area contributed by atoms with E-state index in [4.69, 9.17) is 9.47 Å². The molecule has 2 saturated heterocycles. The van der Waals surface area contributed by atoms with Crippen molar-refractivity contribution in [2.24, 2.45) is 5.92 Å². The molecule has 2 aliphatic rings. The Bertz CT molecular complexity index is 494. The molecule has 3 rings (SSSR count). The van der Waals surface area contributed by atoms with Crippen molar-refractivity contribution in [3.63, 3.8) is 0 Å². The van der Waals surface area contributed by atoms with Crippen LogP contribution >= 0.6 is 0 Å².